The van der Waals surface area contributed by atoms with Crippen molar-refractivity contribution in [2.75, 3.05) is 26.7 Å². The van der Waals surface area contributed by atoms with Gasteiger partial charge in [0.05, 0.1) is 19.2 Å². The van der Waals surface area contributed by atoms with E-state index in [1.807, 2.05) is 30.5 Å². The van der Waals surface area contributed by atoms with Crippen LogP contribution >= 0.6 is 0 Å². The summed E-state index contributed by atoms with van der Waals surface area (Å²) < 4.78 is 5.42. The van der Waals surface area contributed by atoms with Gasteiger partial charge in [-0.05, 0) is 105 Å². The Balaban J connectivity index is 1.36. The summed E-state index contributed by atoms with van der Waals surface area (Å²) in [6.45, 7) is 4.76. The number of hydrogen-bond acceptors (Lipinski definition) is 4. The van der Waals surface area contributed by atoms with E-state index in [4.69, 9.17) is 4.74 Å². The molecule has 188 valence electrons. The molecule has 0 bridgehead atoms. The summed E-state index contributed by atoms with van der Waals surface area (Å²) in [5.74, 6) is 7.70. The summed E-state index contributed by atoms with van der Waals surface area (Å²) in [5.41, 5.74) is 4.56. The molecule has 2 aromatic carbocycles. The van der Waals surface area contributed by atoms with Gasteiger partial charge < -0.3 is 9.84 Å². The number of pyridine rings is 1. The second-order valence-corrected chi connectivity index (χ2v) is 9.89. The molecule has 0 aliphatic carbocycles. The van der Waals surface area contributed by atoms with Crippen LogP contribution in [-0.4, -0.2) is 47.7 Å². The number of nitrogens with zero attached hydrogens (tertiary/aromatic N) is 2. The largest absolute Gasteiger partial charge is 0.497 e. The minimum absolute atomic E-state index is 0.235. The average molecular weight is 485 g/mol. The number of likely N-dealkylation sites (tertiary alicyclic amines) is 1. The third-order valence-electron chi connectivity index (χ3n) is 7.32. The average Bonchev–Trinajstić information content (AvgIpc) is 2.88. The van der Waals surface area contributed by atoms with Crippen molar-refractivity contribution in [2.45, 2.75) is 45.4 Å². The SMILES string of the molecule is COc1ccc2nccc(CCC[C@@H]3CCN(CC#Cc4cccc(C)c4)C[C@@H]3CCC(=O)O)c2c1. The third-order valence-corrected chi connectivity index (χ3v) is 7.32. The van der Waals surface area contributed by atoms with Gasteiger partial charge in [0.1, 0.15) is 5.75 Å². The fraction of sp³-hybridized carbons (Fsp3) is 0.419. The summed E-state index contributed by atoms with van der Waals surface area (Å²) in [7, 11) is 1.69. The summed E-state index contributed by atoms with van der Waals surface area (Å²) in [6.07, 6.45) is 7.13. The molecule has 0 saturated carbocycles. The van der Waals surface area contributed by atoms with E-state index in [1.165, 1.54) is 11.1 Å². The van der Waals surface area contributed by atoms with E-state index in [2.05, 4.69) is 52.9 Å². The van der Waals surface area contributed by atoms with Crippen LogP contribution in [0.15, 0.2) is 54.7 Å². The lowest BCUT2D eigenvalue weighted by Gasteiger charge is -2.38. The number of aryl methyl sites for hydroxylation is 2. The number of methoxy groups -OCH3 is 1. The second-order valence-electron chi connectivity index (χ2n) is 9.89. The van der Waals surface area contributed by atoms with Crippen molar-refractivity contribution in [3.63, 3.8) is 0 Å². The quantitative estimate of drug-likeness (QED) is 0.393. The summed E-state index contributed by atoms with van der Waals surface area (Å²) in [6, 6.07) is 16.4. The number of benzene rings is 2. The van der Waals surface area contributed by atoms with Gasteiger partial charge in [-0.15, -0.1) is 0 Å². The topological polar surface area (TPSA) is 62.7 Å². The molecule has 4 rings (SSSR count). The van der Waals surface area contributed by atoms with Crippen LogP contribution < -0.4 is 4.74 Å². The lowest BCUT2D eigenvalue weighted by molar-refractivity contribution is -0.137. The molecule has 0 radical (unpaired) electrons. The molecule has 36 heavy (non-hydrogen) atoms. The van der Waals surface area contributed by atoms with Crippen LogP contribution in [0.5, 0.6) is 5.75 Å². The highest BCUT2D eigenvalue weighted by Crippen LogP contribution is 2.32. The Kier molecular flexibility index (Phi) is 8.97. The van der Waals surface area contributed by atoms with Crippen molar-refractivity contribution < 1.29 is 14.6 Å². The number of carboxylic acid groups (broad SMARTS) is 1. The summed E-state index contributed by atoms with van der Waals surface area (Å²) in [4.78, 5) is 18.2. The second kappa shape index (κ2) is 12.6. The maximum atomic E-state index is 11.3. The third kappa shape index (κ3) is 7.08. The summed E-state index contributed by atoms with van der Waals surface area (Å²) >= 11 is 0. The minimum Gasteiger partial charge on any atom is -0.497 e. The van der Waals surface area contributed by atoms with Gasteiger partial charge in [0, 0.05) is 30.1 Å². The number of carboxylic acids is 1. The first-order chi connectivity index (χ1) is 17.5. The van der Waals surface area contributed by atoms with Crippen LogP contribution in [0.1, 0.15) is 48.8 Å². The molecule has 3 aromatic rings. The maximum absolute atomic E-state index is 11.3. The molecule has 1 fully saturated rings. The van der Waals surface area contributed by atoms with Crippen LogP contribution in [0.25, 0.3) is 10.9 Å². The molecule has 1 aliphatic heterocycles. The zero-order chi connectivity index (χ0) is 25.3. The Morgan fingerprint density at radius 1 is 1.17 bits per heavy atom. The molecular weight excluding hydrogens is 448 g/mol. The molecule has 0 spiro atoms. The Bertz CT molecular complexity index is 1240. The van der Waals surface area contributed by atoms with Crippen LogP contribution in [-0.2, 0) is 11.2 Å². The molecule has 0 amide bonds. The number of rotatable bonds is 9. The normalized spacial score (nSPS) is 17.9. The lowest BCUT2D eigenvalue weighted by Crippen LogP contribution is -2.41. The van der Waals surface area contributed by atoms with Gasteiger partial charge in [-0.3, -0.25) is 14.7 Å². The molecule has 0 unspecified atom stereocenters. The molecule has 1 aromatic heterocycles. The number of ether oxygens (including phenoxy) is 1. The van der Waals surface area contributed by atoms with E-state index in [1.54, 1.807) is 7.11 Å². The molecule has 1 saturated heterocycles. The van der Waals surface area contributed by atoms with E-state index in [0.29, 0.717) is 11.8 Å². The van der Waals surface area contributed by atoms with Crippen LogP contribution in [0, 0.1) is 30.6 Å². The summed E-state index contributed by atoms with van der Waals surface area (Å²) in [5, 5.41) is 10.5. The van der Waals surface area contributed by atoms with Crippen molar-refractivity contribution in [1.29, 1.82) is 0 Å². The molecule has 5 nitrogen and oxygen atoms in total. The van der Waals surface area contributed by atoms with Gasteiger partial charge in [0.15, 0.2) is 0 Å². The van der Waals surface area contributed by atoms with Crippen molar-refractivity contribution >= 4 is 16.9 Å². The highest BCUT2D eigenvalue weighted by atomic mass is 16.5. The van der Waals surface area contributed by atoms with E-state index in [0.717, 1.165) is 74.0 Å². The van der Waals surface area contributed by atoms with E-state index in [9.17, 15) is 9.90 Å². The van der Waals surface area contributed by atoms with Crippen molar-refractivity contribution in [2.24, 2.45) is 11.8 Å². The van der Waals surface area contributed by atoms with E-state index in [-0.39, 0.29) is 6.42 Å². The zero-order valence-electron chi connectivity index (χ0n) is 21.4. The predicted octanol–water partition coefficient (Wildman–Crippen LogP) is 5.73. The number of fused-ring (bicyclic) bond motifs is 1. The molecule has 2 atom stereocenters. The number of hydrogen-bond donors (Lipinski definition) is 1. The first-order valence-corrected chi connectivity index (χ1v) is 12.9. The smallest absolute Gasteiger partial charge is 0.303 e. The van der Waals surface area contributed by atoms with Crippen molar-refractivity contribution in [1.82, 2.24) is 9.88 Å². The molecule has 2 heterocycles. The molecule has 5 heteroatoms. The molecule has 1 aliphatic rings. The predicted molar refractivity (Wildman–Crippen MR) is 144 cm³/mol. The van der Waals surface area contributed by atoms with Gasteiger partial charge in [-0.1, -0.05) is 24.0 Å². The van der Waals surface area contributed by atoms with Crippen LogP contribution in [0.4, 0.5) is 0 Å². The Labute approximate surface area is 214 Å². The maximum Gasteiger partial charge on any atom is 0.303 e. The monoisotopic (exact) mass is 484 g/mol. The Hall–Kier alpha value is -3.36. The van der Waals surface area contributed by atoms with Crippen LogP contribution in [0.3, 0.4) is 0 Å². The molecular formula is C31H36N2O3. The number of piperidine rings is 1. The van der Waals surface area contributed by atoms with Gasteiger partial charge in [-0.25, -0.2) is 0 Å². The zero-order valence-corrected chi connectivity index (χ0v) is 21.4. The highest BCUT2D eigenvalue weighted by Gasteiger charge is 2.28. The lowest BCUT2D eigenvalue weighted by atomic mass is 9.79. The number of carbonyl (C=O) groups is 1. The number of aliphatic carboxylic acids is 1. The van der Waals surface area contributed by atoms with Gasteiger partial charge in [-0.2, -0.15) is 0 Å². The van der Waals surface area contributed by atoms with E-state index < -0.39 is 5.97 Å². The minimum atomic E-state index is -0.706. The molecule has 1 N–H and O–H groups in total. The fourth-order valence-corrected chi connectivity index (χ4v) is 5.37. The van der Waals surface area contributed by atoms with Crippen LogP contribution in [0.2, 0.25) is 0 Å². The fourth-order valence-electron chi connectivity index (χ4n) is 5.37. The van der Waals surface area contributed by atoms with Gasteiger partial charge >= 0.3 is 5.97 Å². The number of aromatic nitrogens is 1. The van der Waals surface area contributed by atoms with E-state index >= 15 is 0 Å². The Morgan fingerprint density at radius 3 is 2.86 bits per heavy atom. The van der Waals surface area contributed by atoms with Crippen molar-refractivity contribution in [3.05, 3.63) is 71.4 Å². The van der Waals surface area contributed by atoms with Gasteiger partial charge in [0.25, 0.3) is 0 Å². The van der Waals surface area contributed by atoms with Gasteiger partial charge in [0.2, 0.25) is 0 Å². The Morgan fingerprint density at radius 2 is 2.06 bits per heavy atom. The van der Waals surface area contributed by atoms with Crippen molar-refractivity contribution in [3.8, 4) is 17.6 Å². The standard InChI is InChI=1S/C31H36N2O3/c1-23-6-3-7-24(20-23)8-5-18-33-19-16-25(27(22-33)11-14-31(34)35)9-4-10-26-15-17-32-30-13-12-28(36-2)21-29(26)30/h3,6-7,12-13,15,17,20-21,25,27H,4,9-11,14,16,18-19,22H2,1-2H3,(H,34,35)/t25-,27+/m1/s1. The highest BCUT2D eigenvalue weighted by molar-refractivity contribution is 5.83. The first-order valence-electron chi connectivity index (χ1n) is 12.9. The first kappa shape index (κ1) is 25.7.